The zero-order chi connectivity index (χ0) is 13.5. The Kier molecular flexibility index (Phi) is 3.62. The summed E-state index contributed by atoms with van der Waals surface area (Å²) in [4.78, 5) is 2.47. The lowest BCUT2D eigenvalue weighted by Crippen LogP contribution is -2.58. The monoisotopic (exact) mass is 288 g/mol. The number of ether oxygens (including phenoxy) is 1. The quantitative estimate of drug-likeness (QED) is 0.750. The van der Waals surface area contributed by atoms with Crippen LogP contribution >= 0.6 is 0 Å². The molecule has 0 saturated carbocycles. The minimum atomic E-state index is -2.99. The summed E-state index contributed by atoms with van der Waals surface area (Å²) < 4.78 is 30.9. The topological polar surface area (TPSA) is 49.9 Å². The highest BCUT2D eigenvalue weighted by Gasteiger charge is 2.49. The van der Waals surface area contributed by atoms with Crippen LogP contribution in [-0.2, 0) is 14.8 Å². The fourth-order valence-electron chi connectivity index (χ4n) is 3.70. The molecule has 1 spiro atoms. The standard InChI is InChI=1S/C13H24N2O3S/c1-2-19(16,17)15-5-4-13(11-15)9-14(10-13)7-12-3-6-18-8-12/h12H,2-11H2,1H3. The van der Waals surface area contributed by atoms with Crippen LogP contribution in [0.2, 0.25) is 0 Å². The molecule has 3 heterocycles. The first-order valence-corrected chi connectivity index (χ1v) is 8.92. The molecule has 3 aliphatic rings. The van der Waals surface area contributed by atoms with Crippen molar-refractivity contribution < 1.29 is 13.2 Å². The van der Waals surface area contributed by atoms with E-state index in [-0.39, 0.29) is 11.2 Å². The van der Waals surface area contributed by atoms with Crippen molar-refractivity contribution in [3.63, 3.8) is 0 Å². The summed E-state index contributed by atoms with van der Waals surface area (Å²) in [5.74, 6) is 0.917. The van der Waals surface area contributed by atoms with Crippen molar-refractivity contribution in [3.8, 4) is 0 Å². The molecule has 1 atom stereocenters. The lowest BCUT2D eigenvalue weighted by atomic mass is 9.78. The molecule has 5 nitrogen and oxygen atoms in total. The first kappa shape index (κ1) is 13.8. The summed E-state index contributed by atoms with van der Waals surface area (Å²) in [5, 5.41) is 0. The maximum Gasteiger partial charge on any atom is 0.213 e. The van der Waals surface area contributed by atoms with Gasteiger partial charge in [-0.1, -0.05) is 0 Å². The van der Waals surface area contributed by atoms with Gasteiger partial charge in [0.05, 0.1) is 12.4 Å². The fourth-order valence-corrected chi connectivity index (χ4v) is 4.90. The van der Waals surface area contributed by atoms with E-state index in [0.29, 0.717) is 5.92 Å². The van der Waals surface area contributed by atoms with Crippen molar-refractivity contribution in [2.75, 3.05) is 51.7 Å². The lowest BCUT2D eigenvalue weighted by molar-refractivity contribution is 0.000584. The first-order chi connectivity index (χ1) is 9.03. The molecule has 0 bridgehead atoms. The third-order valence-corrected chi connectivity index (χ3v) is 6.65. The van der Waals surface area contributed by atoms with Crippen molar-refractivity contribution in [3.05, 3.63) is 0 Å². The molecule has 0 aromatic rings. The Hall–Kier alpha value is -0.170. The van der Waals surface area contributed by atoms with E-state index in [2.05, 4.69) is 4.90 Å². The predicted molar refractivity (Wildman–Crippen MR) is 73.4 cm³/mol. The molecule has 19 heavy (non-hydrogen) atoms. The molecule has 0 amide bonds. The second-order valence-corrected chi connectivity index (χ2v) is 8.64. The number of likely N-dealkylation sites (tertiary alicyclic amines) is 1. The zero-order valence-electron chi connectivity index (χ0n) is 11.7. The van der Waals surface area contributed by atoms with E-state index in [1.165, 1.54) is 6.42 Å². The molecule has 0 radical (unpaired) electrons. The molecule has 1 unspecified atom stereocenters. The number of sulfonamides is 1. The van der Waals surface area contributed by atoms with Gasteiger partial charge in [-0.3, -0.25) is 0 Å². The molecule has 6 heteroatoms. The van der Waals surface area contributed by atoms with Crippen LogP contribution in [0.25, 0.3) is 0 Å². The van der Waals surface area contributed by atoms with Crippen LogP contribution in [0.3, 0.4) is 0 Å². The number of hydrogen-bond donors (Lipinski definition) is 0. The van der Waals surface area contributed by atoms with Gasteiger partial charge >= 0.3 is 0 Å². The number of rotatable bonds is 4. The van der Waals surface area contributed by atoms with E-state index in [0.717, 1.165) is 52.4 Å². The van der Waals surface area contributed by atoms with Crippen LogP contribution in [0.4, 0.5) is 0 Å². The Morgan fingerprint density at radius 1 is 1.32 bits per heavy atom. The molecule has 3 rings (SSSR count). The molecular weight excluding hydrogens is 264 g/mol. The summed E-state index contributed by atoms with van der Waals surface area (Å²) in [6.45, 7) is 8.26. The second kappa shape index (κ2) is 4.98. The van der Waals surface area contributed by atoms with E-state index in [4.69, 9.17) is 4.74 Å². The number of hydrogen-bond acceptors (Lipinski definition) is 4. The highest BCUT2D eigenvalue weighted by Crippen LogP contribution is 2.41. The smallest absolute Gasteiger partial charge is 0.213 e. The van der Waals surface area contributed by atoms with Crippen LogP contribution in [-0.4, -0.2) is 69.3 Å². The van der Waals surface area contributed by atoms with Crippen LogP contribution < -0.4 is 0 Å². The molecule has 0 aromatic heterocycles. The largest absolute Gasteiger partial charge is 0.381 e. The first-order valence-electron chi connectivity index (χ1n) is 7.31. The Morgan fingerprint density at radius 2 is 2.11 bits per heavy atom. The fraction of sp³-hybridized carbons (Fsp3) is 1.00. The molecule has 3 saturated heterocycles. The SMILES string of the molecule is CCS(=O)(=O)N1CCC2(CN(CC3CCOC3)C2)C1. The molecule has 0 aliphatic carbocycles. The maximum absolute atomic E-state index is 11.9. The highest BCUT2D eigenvalue weighted by molar-refractivity contribution is 7.89. The van der Waals surface area contributed by atoms with Gasteiger partial charge in [-0.2, -0.15) is 0 Å². The third-order valence-electron chi connectivity index (χ3n) is 4.82. The van der Waals surface area contributed by atoms with Gasteiger partial charge in [0.2, 0.25) is 10.0 Å². The molecule has 0 aromatic carbocycles. The molecule has 0 N–H and O–H groups in total. The average molecular weight is 288 g/mol. The van der Waals surface area contributed by atoms with Crippen LogP contribution in [0.5, 0.6) is 0 Å². The normalized spacial score (nSPS) is 31.9. The van der Waals surface area contributed by atoms with Gasteiger partial charge in [-0.05, 0) is 25.7 Å². The van der Waals surface area contributed by atoms with Crippen molar-refractivity contribution in [2.45, 2.75) is 19.8 Å². The van der Waals surface area contributed by atoms with Gasteiger partial charge in [0.15, 0.2) is 0 Å². The number of nitrogens with zero attached hydrogens (tertiary/aromatic N) is 2. The second-order valence-electron chi connectivity index (χ2n) is 6.38. The van der Waals surface area contributed by atoms with Crippen LogP contribution in [0.15, 0.2) is 0 Å². The summed E-state index contributed by atoms with van der Waals surface area (Å²) >= 11 is 0. The predicted octanol–water partition coefficient (Wildman–Crippen LogP) is 0.380. The van der Waals surface area contributed by atoms with E-state index in [1.54, 1.807) is 11.2 Å². The Balaban J connectivity index is 1.50. The van der Waals surface area contributed by atoms with E-state index in [1.807, 2.05) is 0 Å². The highest BCUT2D eigenvalue weighted by atomic mass is 32.2. The minimum absolute atomic E-state index is 0.228. The molecule has 3 fully saturated rings. The Labute approximate surface area is 115 Å². The maximum atomic E-state index is 11.9. The van der Waals surface area contributed by atoms with Crippen molar-refractivity contribution in [1.29, 1.82) is 0 Å². The van der Waals surface area contributed by atoms with Crippen LogP contribution in [0.1, 0.15) is 19.8 Å². The van der Waals surface area contributed by atoms with E-state index < -0.39 is 10.0 Å². The van der Waals surface area contributed by atoms with Crippen LogP contribution in [0, 0.1) is 11.3 Å². The van der Waals surface area contributed by atoms with E-state index >= 15 is 0 Å². The lowest BCUT2D eigenvalue weighted by Gasteiger charge is -2.49. The van der Waals surface area contributed by atoms with Gasteiger partial charge < -0.3 is 9.64 Å². The van der Waals surface area contributed by atoms with E-state index in [9.17, 15) is 8.42 Å². The minimum Gasteiger partial charge on any atom is -0.381 e. The molecule has 3 aliphatic heterocycles. The molecule has 110 valence electrons. The van der Waals surface area contributed by atoms with Gasteiger partial charge in [0, 0.05) is 44.7 Å². The molecular formula is C13H24N2O3S. The van der Waals surface area contributed by atoms with Gasteiger partial charge in [0.1, 0.15) is 0 Å². The Morgan fingerprint density at radius 3 is 2.74 bits per heavy atom. The summed E-state index contributed by atoms with van der Waals surface area (Å²) in [6.07, 6.45) is 2.21. The zero-order valence-corrected chi connectivity index (χ0v) is 12.5. The summed E-state index contributed by atoms with van der Waals surface area (Å²) in [5.41, 5.74) is 0.252. The Bertz CT molecular complexity index is 425. The third kappa shape index (κ3) is 2.68. The van der Waals surface area contributed by atoms with Crippen molar-refractivity contribution >= 4 is 10.0 Å². The van der Waals surface area contributed by atoms with Gasteiger partial charge in [-0.15, -0.1) is 0 Å². The van der Waals surface area contributed by atoms with Crippen molar-refractivity contribution in [2.24, 2.45) is 11.3 Å². The summed E-state index contributed by atoms with van der Waals surface area (Å²) in [7, 11) is -2.99. The summed E-state index contributed by atoms with van der Waals surface area (Å²) in [6, 6.07) is 0. The van der Waals surface area contributed by atoms with Gasteiger partial charge in [0.25, 0.3) is 0 Å². The van der Waals surface area contributed by atoms with Gasteiger partial charge in [-0.25, -0.2) is 12.7 Å². The van der Waals surface area contributed by atoms with Crippen molar-refractivity contribution in [1.82, 2.24) is 9.21 Å². The average Bonchev–Trinajstić information content (AvgIpc) is 2.97.